The minimum Gasteiger partial charge on any atom is -0.494 e. The fourth-order valence-electron chi connectivity index (χ4n) is 4.93. The Morgan fingerprint density at radius 1 is 1.12 bits per heavy atom. The number of rotatable bonds is 6. The van der Waals surface area contributed by atoms with Crippen LogP contribution in [0.15, 0.2) is 18.3 Å². The second-order valence-electron chi connectivity index (χ2n) is 9.54. The molecule has 1 N–H and O–H groups in total. The van der Waals surface area contributed by atoms with Gasteiger partial charge in [0.15, 0.2) is 11.6 Å². The number of benzene rings is 1. The average molecular weight is 473 g/mol. The molecule has 2 aromatic rings. The number of carbonyl (C=O) groups excluding carboxylic acids is 1. The highest BCUT2D eigenvalue weighted by molar-refractivity contribution is 6.06. The maximum Gasteiger partial charge on any atom is 0.330 e. The molecular formula is C24H30F2N6O2. The largest absolute Gasteiger partial charge is 0.494 e. The third kappa shape index (κ3) is 4.15. The fraction of sp³-hybridized carbons (Fsp3) is 0.542. The molecule has 3 aliphatic rings. The highest BCUT2D eigenvalue weighted by Crippen LogP contribution is 2.41. The Bertz CT molecular complexity index is 1090. The number of hydrogen-bond acceptors (Lipinski definition) is 6. The summed E-state index contributed by atoms with van der Waals surface area (Å²) < 4.78 is 34.7. The van der Waals surface area contributed by atoms with Crippen LogP contribution >= 0.6 is 0 Å². The molecule has 0 bridgehead atoms. The summed E-state index contributed by atoms with van der Waals surface area (Å²) in [5.41, 5.74) is 0.232. The standard InChI is InChI=1S/C24H30F2N6O2/c1-30(2)16-6-4-15(5-7-16)28-23-27-12-14-13-31(21-18(25)10-11-19(34-3)20(21)26)24(33)32(17-8-9-17)22(14)29-23/h10-12,15-17H,4-9,13H2,1-3H3,(H,27,28,29). The van der Waals surface area contributed by atoms with Gasteiger partial charge in [0.2, 0.25) is 5.95 Å². The number of amides is 2. The molecule has 2 saturated carbocycles. The molecule has 8 nitrogen and oxygen atoms in total. The van der Waals surface area contributed by atoms with E-state index in [0.717, 1.165) is 49.5 Å². The summed E-state index contributed by atoms with van der Waals surface area (Å²) in [6, 6.07) is 2.66. The van der Waals surface area contributed by atoms with Crippen molar-refractivity contribution in [2.45, 2.75) is 63.2 Å². The van der Waals surface area contributed by atoms with Gasteiger partial charge in [0.1, 0.15) is 17.3 Å². The lowest BCUT2D eigenvalue weighted by atomic mass is 9.91. The molecule has 2 aliphatic carbocycles. The first-order chi connectivity index (χ1) is 16.4. The normalized spacial score (nSPS) is 22.7. The maximum atomic E-state index is 15.0. The van der Waals surface area contributed by atoms with Crippen LogP contribution in [-0.2, 0) is 6.54 Å². The van der Waals surface area contributed by atoms with Crippen LogP contribution in [-0.4, -0.2) is 60.2 Å². The van der Waals surface area contributed by atoms with Gasteiger partial charge in [-0.3, -0.25) is 9.80 Å². The van der Waals surface area contributed by atoms with Crippen LogP contribution in [0.25, 0.3) is 0 Å². The van der Waals surface area contributed by atoms with E-state index in [2.05, 4.69) is 29.3 Å². The second kappa shape index (κ2) is 8.98. The van der Waals surface area contributed by atoms with Gasteiger partial charge in [-0.05, 0) is 64.8 Å². The van der Waals surface area contributed by atoms with Gasteiger partial charge < -0.3 is 15.0 Å². The number of fused-ring (bicyclic) bond motifs is 1. The number of nitrogens with zero attached hydrogens (tertiary/aromatic N) is 5. The Labute approximate surface area is 197 Å². The van der Waals surface area contributed by atoms with Crippen molar-refractivity contribution in [2.24, 2.45) is 0 Å². The van der Waals surface area contributed by atoms with E-state index in [4.69, 9.17) is 9.72 Å². The van der Waals surface area contributed by atoms with E-state index in [1.807, 2.05) is 0 Å². The zero-order valence-corrected chi connectivity index (χ0v) is 19.7. The van der Waals surface area contributed by atoms with Gasteiger partial charge in [-0.1, -0.05) is 0 Å². The minimum atomic E-state index is -0.900. The molecule has 0 saturated heterocycles. The van der Waals surface area contributed by atoms with Crippen molar-refractivity contribution in [3.8, 4) is 5.75 Å². The molecule has 1 aromatic carbocycles. The van der Waals surface area contributed by atoms with Crippen LogP contribution < -0.4 is 19.9 Å². The molecule has 0 unspecified atom stereocenters. The van der Waals surface area contributed by atoms with Crippen molar-refractivity contribution in [3.05, 3.63) is 35.5 Å². The Kier molecular flexibility index (Phi) is 6.01. The molecule has 1 aromatic heterocycles. The summed E-state index contributed by atoms with van der Waals surface area (Å²) in [5.74, 6) is -0.835. The number of hydrogen-bond donors (Lipinski definition) is 1. The number of carbonyl (C=O) groups is 1. The van der Waals surface area contributed by atoms with E-state index in [1.165, 1.54) is 13.2 Å². The van der Waals surface area contributed by atoms with Crippen LogP contribution in [0.3, 0.4) is 0 Å². The van der Waals surface area contributed by atoms with E-state index in [1.54, 1.807) is 11.1 Å². The number of nitrogens with one attached hydrogen (secondary N) is 1. The number of urea groups is 1. The number of ether oxygens (including phenoxy) is 1. The zero-order valence-electron chi connectivity index (χ0n) is 19.7. The Morgan fingerprint density at radius 3 is 2.50 bits per heavy atom. The lowest BCUT2D eigenvalue weighted by Crippen LogP contribution is -2.49. The fourth-order valence-corrected chi connectivity index (χ4v) is 4.93. The van der Waals surface area contributed by atoms with Gasteiger partial charge >= 0.3 is 6.03 Å². The molecule has 5 rings (SSSR count). The zero-order chi connectivity index (χ0) is 24.0. The highest BCUT2D eigenvalue weighted by atomic mass is 19.1. The highest BCUT2D eigenvalue weighted by Gasteiger charge is 2.43. The number of anilines is 3. The Hall–Kier alpha value is -3.01. The smallest absolute Gasteiger partial charge is 0.330 e. The second-order valence-corrected chi connectivity index (χ2v) is 9.54. The summed E-state index contributed by atoms with van der Waals surface area (Å²) >= 11 is 0. The van der Waals surface area contributed by atoms with Crippen molar-refractivity contribution in [1.82, 2.24) is 14.9 Å². The molecule has 1 aliphatic heterocycles. The van der Waals surface area contributed by atoms with Gasteiger partial charge in [0, 0.05) is 29.9 Å². The first-order valence-corrected chi connectivity index (χ1v) is 11.8. The van der Waals surface area contributed by atoms with Crippen LogP contribution in [0.2, 0.25) is 0 Å². The van der Waals surface area contributed by atoms with Crippen molar-refractivity contribution >= 4 is 23.5 Å². The predicted molar refractivity (Wildman–Crippen MR) is 125 cm³/mol. The van der Waals surface area contributed by atoms with Crippen molar-refractivity contribution in [3.63, 3.8) is 0 Å². The molecule has 2 amide bonds. The number of aromatic nitrogens is 2. The molecule has 0 atom stereocenters. The van der Waals surface area contributed by atoms with Crippen molar-refractivity contribution in [1.29, 1.82) is 0 Å². The third-order valence-corrected chi connectivity index (χ3v) is 7.03. The van der Waals surface area contributed by atoms with Crippen molar-refractivity contribution in [2.75, 3.05) is 36.3 Å². The molecule has 0 radical (unpaired) electrons. The quantitative estimate of drug-likeness (QED) is 0.681. The molecule has 34 heavy (non-hydrogen) atoms. The third-order valence-electron chi connectivity index (χ3n) is 7.03. The monoisotopic (exact) mass is 472 g/mol. The van der Waals surface area contributed by atoms with Gasteiger partial charge in [-0.15, -0.1) is 0 Å². The van der Waals surface area contributed by atoms with Gasteiger partial charge in [0.05, 0.1) is 13.7 Å². The summed E-state index contributed by atoms with van der Waals surface area (Å²) in [4.78, 5) is 27.6. The first kappa shape index (κ1) is 22.8. The van der Waals surface area contributed by atoms with E-state index in [-0.39, 0.29) is 24.4 Å². The SMILES string of the molecule is COc1ccc(F)c(N2Cc3cnc(NC4CCC(N(C)C)CC4)nc3N(C3CC3)C2=O)c1F. The van der Waals surface area contributed by atoms with Gasteiger partial charge in [-0.2, -0.15) is 4.98 Å². The summed E-state index contributed by atoms with van der Waals surface area (Å²) in [5, 5.41) is 3.43. The predicted octanol–water partition coefficient (Wildman–Crippen LogP) is 4.16. The number of methoxy groups -OCH3 is 1. The average Bonchev–Trinajstić information content (AvgIpc) is 3.65. The molecule has 182 valence electrons. The topological polar surface area (TPSA) is 73.8 Å². The van der Waals surface area contributed by atoms with Crippen LogP contribution in [0, 0.1) is 11.6 Å². The Balaban J connectivity index is 1.42. The van der Waals surface area contributed by atoms with Gasteiger partial charge in [-0.25, -0.2) is 18.6 Å². The molecule has 0 spiro atoms. The van der Waals surface area contributed by atoms with E-state index in [0.29, 0.717) is 23.4 Å². The lowest BCUT2D eigenvalue weighted by Gasteiger charge is -2.37. The van der Waals surface area contributed by atoms with E-state index < -0.39 is 23.4 Å². The van der Waals surface area contributed by atoms with Crippen LogP contribution in [0.5, 0.6) is 5.75 Å². The van der Waals surface area contributed by atoms with Gasteiger partial charge in [0.25, 0.3) is 0 Å². The maximum absolute atomic E-state index is 15.0. The van der Waals surface area contributed by atoms with Crippen molar-refractivity contribution < 1.29 is 18.3 Å². The van der Waals surface area contributed by atoms with Crippen LogP contribution in [0.1, 0.15) is 44.1 Å². The van der Waals surface area contributed by atoms with Crippen LogP contribution in [0.4, 0.5) is 31.0 Å². The Morgan fingerprint density at radius 2 is 1.85 bits per heavy atom. The molecular weight excluding hydrogens is 442 g/mol. The summed E-state index contributed by atoms with van der Waals surface area (Å²) in [6.45, 7) is -0.0212. The lowest BCUT2D eigenvalue weighted by molar-refractivity contribution is 0.221. The molecule has 10 heteroatoms. The van der Waals surface area contributed by atoms with E-state index >= 15 is 0 Å². The molecule has 2 fully saturated rings. The minimum absolute atomic E-state index is 0.0212. The van der Waals surface area contributed by atoms with E-state index in [9.17, 15) is 13.6 Å². The summed E-state index contributed by atoms with van der Waals surface area (Å²) in [7, 11) is 5.53. The molecule has 2 heterocycles. The number of halogens is 2. The summed E-state index contributed by atoms with van der Waals surface area (Å²) in [6.07, 6.45) is 7.56. The first-order valence-electron chi connectivity index (χ1n) is 11.8.